The van der Waals surface area contributed by atoms with Gasteiger partial charge in [0.1, 0.15) is 0 Å². The molecule has 1 atom stereocenters. The molecule has 0 aromatic carbocycles. The molecule has 0 radical (unpaired) electrons. The van der Waals surface area contributed by atoms with E-state index in [0.717, 1.165) is 0 Å². The van der Waals surface area contributed by atoms with Crippen LogP contribution in [0.15, 0.2) is 12.2 Å². The Hall–Kier alpha value is -1.12. The van der Waals surface area contributed by atoms with Crippen LogP contribution in [0, 0.1) is 5.41 Å². The molecule has 0 N–H and O–H groups in total. The number of hydrogen-bond acceptors (Lipinski definition) is 3. The summed E-state index contributed by atoms with van der Waals surface area (Å²) in [6.07, 6.45) is 4.01. The molecule has 0 bridgehead atoms. The van der Waals surface area contributed by atoms with Gasteiger partial charge in [-0.15, -0.1) is 0 Å². The summed E-state index contributed by atoms with van der Waals surface area (Å²) >= 11 is 0. The zero-order valence-corrected chi connectivity index (χ0v) is 8.87. The van der Waals surface area contributed by atoms with E-state index in [1.165, 1.54) is 6.08 Å². The van der Waals surface area contributed by atoms with E-state index < -0.39 is 5.41 Å². The summed E-state index contributed by atoms with van der Waals surface area (Å²) in [4.78, 5) is 22.6. The number of carbonyl (C=O) groups excluding carboxylic acids is 2. The zero-order valence-electron chi connectivity index (χ0n) is 8.87. The van der Waals surface area contributed by atoms with Crippen LogP contribution in [0.1, 0.15) is 33.6 Å². The molecule has 0 aromatic rings. The molecular formula is C11H16O3. The second kappa shape index (κ2) is 3.95. The van der Waals surface area contributed by atoms with E-state index in [-0.39, 0.29) is 17.9 Å². The third kappa shape index (κ3) is 2.44. The SMILES string of the molecule is CC(C)OC(=O)C1(C)C=CC(=O)CC1. The summed E-state index contributed by atoms with van der Waals surface area (Å²) < 4.78 is 5.13. The molecule has 3 heteroatoms. The summed E-state index contributed by atoms with van der Waals surface area (Å²) in [5, 5.41) is 0. The van der Waals surface area contributed by atoms with Crippen molar-refractivity contribution in [2.24, 2.45) is 5.41 Å². The lowest BCUT2D eigenvalue weighted by Gasteiger charge is -2.26. The Balaban J connectivity index is 2.71. The third-order valence-electron chi connectivity index (χ3n) is 2.34. The second-order valence-corrected chi connectivity index (χ2v) is 4.17. The average Bonchev–Trinajstić information content (AvgIpc) is 2.09. The van der Waals surface area contributed by atoms with Gasteiger partial charge in [0.25, 0.3) is 0 Å². The number of ketones is 1. The van der Waals surface area contributed by atoms with Gasteiger partial charge >= 0.3 is 5.97 Å². The lowest BCUT2D eigenvalue weighted by Crippen LogP contribution is -2.32. The van der Waals surface area contributed by atoms with Gasteiger partial charge in [0.2, 0.25) is 0 Å². The standard InChI is InChI=1S/C11H16O3/c1-8(2)14-10(13)11(3)6-4-9(12)5-7-11/h4,6,8H,5,7H2,1-3H3. The van der Waals surface area contributed by atoms with Gasteiger partial charge in [0.15, 0.2) is 5.78 Å². The molecule has 0 fully saturated rings. The van der Waals surface area contributed by atoms with Gasteiger partial charge in [-0.25, -0.2) is 0 Å². The van der Waals surface area contributed by atoms with Gasteiger partial charge in [-0.3, -0.25) is 9.59 Å². The van der Waals surface area contributed by atoms with Crippen molar-refractivity contribution < 1.29 is 14.3 Å². The van der Waals surface area contributed by atoms with E-state index in [2.05, 4.69) is 0 Å². The molecule has 1 unspecified atom stereocenters. The van der Waals surface area contributed by atoms with Gasteiger partial charge in [0, 0.05) is 6.42 Å². The Morgan fingerprint density at radius 3 is 2.64 bits per heavy atom. The number of carbonyl (C=O) groups is 2. The first-order valence-corrected chi connectivity index (χ1v) is 4.87. The Labute approximate surface area is 84.1 Å². The van der Waals surface area contributed by atoms with E-state index >= 15 is 0 Å². The largest absolute Gasteiger partial charge is 0.462 e. The van der Waals surface area contributed by atoms with Crippen LogP contribution < -0.4 is 0 Å². The van der Waals surface area contributed by atoms with Gasteiger partial charge in [-0.1, -0.05) is 6.08 Å². The van der Waals surface area contributed by atoms with Crippen molar-refractivity contribution in [3.05, 3.63) is 12.2 Å². The molecule has 0 saturated heterocycles. The van der Waals surface area contributed by atoms with Crippen molar-refractivity contribution in [2.75, 3.05) is 0 Å². The summed E-state index contributed by atoms with van der Waals surface area (Å²) in [5.74, 6) is -0.156. The summed E-state index contributed by atoms with van der Waals surface area (Å²) in [5.41, 5.74) is -0.613. The van der Waals surface area contributed by atoms with Crippen LogP contribution in [0.5, 0.6) is 0 Å². The lowest BCUT2D eigenvalue weighted by molar-refractivity contribution is -0.156. The Kier molecular flexibility index (Phi) is 3.09. The first kappa shape index (κ1) is 11.0. The Morgan fingerprint density at radius 2 is 2.21 bits per heavy atom. The minimum Gasteiger partial charge on any atom is -0.462 e. The fourth-order valence-corrected chi connectivity index (χ4v) is 1.35. The summed E-state index contributed by atoms with van der Waals surface area (Å²) in [7, 11) is 0. The van der Waals surface area contributed by atoms with Crippen LogP contribution in [-0.4, -0.2) is 17.9 Å². The maximum Gasteiger partial charge on any atom is 0.315 e. The zero-order chi connectivity index (χ0) is 10.8. The number of ether oxygens (including phenoxy) is 1. The fraction of sp³-hybridized carbons (Fsp3) is 0.636. The van der Waals surface area contributed by atoms with Gasteiger partial charge in [-0.2, -0.15) is 0 Å². The van der Waals surface area contributed by atoms with Crippen molar-refractivity contribution >= 4 is 11.8 Å². The molecule has 14 heavy (non-hydrogen) atoms. The van der Waals surface area contributed by atoms with E-state index in [1.807, 2.05) is 13.8 Å². The molecule has 78 valence electrons. The van der Waals surface area contributed by atoms with Gasteiger partial charge < -0.3 is 4.74 Å². The van der Waals surface area contributed by atoms with E-state index in [1.54, 1.807) is 13.0 Å². The molecule has 0 spiro atoms. The normalized spacial score (nSPS) is 26.7. The highest BCUT2D eigenvalue weighted by atomic mass is 16.5. The summed E-state index contributed by atoms with van der Waals surface area (Å²) in [6, 6.07) is 0. The van der Waals surface area contributed by atoms with Crippen molar-refractivity contribution in [1.82, 2.24) is 0 Å². The minimum absolute atomic E-state index is 0.0832. The molecule has 0 saturated carbocycles. The predicted octanol–water partition coefficient (Wildman–Crippen LogP) is 1.86. The number of rotatable bonds is 2. The van der Waals surface area contributed by atoms with Crippen LogP contribution in [0.4, 0.5) is 0 Å². The lowest BCUT2D eigenvalue weighted by atomic mass is 9.80. The quantitative estimate of drug-likeness (QED) is 0.633. The molecule has 3 nitrogen and oxygen atoms in total. The molecule has 1 rings (SSSR count). The molecule has 0 amide bonds. The van der Waals surface area contributed by atoms with Crippen molar-refractivity contribution in [3.8, 4) is 0 Å². The second-order valence-electron chi connectivity index (χ2n) is 4.17. The third-order valence-corrected chi connectivity index (χ3v) is 2.34. The van der Waals surface area contributed by atoms with E-state index in [0.29, 0.717) is 12.8 Å². The summed E-state index contributed by atoms with van der Waals surface area (Å²) in [6.45, 7) is 5.44. The molecule has 0 aliphatic heterocycles. The van der Waals surface area contributed by atoms with Crippen LogP contribution in [-0.2, 0) is 14.3 Å². The van der Waals surface area contributed by atoms with Crippen molar-refractivity contribution in [2.45, 2.75) is 39.7 Å². The topological polar surface area (TPSA) is 43.4 Å². The first-order chi connectivity index (χ1) is 6.44. The van der Waals surface area contributed by atoms with E-state index in [4.69, 9.17) is 4.74 Å². The highest BCUT2D eigenvalue weighted by Crippen LogP contribution is 2.30. The molecule has 1 aliphatic rings. The number of esters is 1. The predicted molar refractivity (Wildman–Crippen MR) is 52.7 cm³/mol. The highest BCUT2D eigenvalue weighted by Gasteiger charge is 2.35. The maximum absolute atomic E-state index is 11.7. The number of hydrogen-bond donors (Lipinski definition) is 0. The maximum atomic E-state index is 11.7. The van der Waals surface area contributed by atoms with Gasteiger partial charge in [-0.05, 0) is 33.3 Å². The minimum atomic E-state index is -0.613. The Morgan fingerprint density at radius 1 is 1.57 bits per heavy atom. The van der Waals surface area contributed by atoms with Gasteiger partial charge in [0.05, 0.1) is 11.5 Å². The van der Waals surface area contributed by atoms with Crippen LogP contribution in [0.25, 0.3) is 0 Å². The van der Waals surface area contributed by atoms with Crippen LogP contribution in [0.3, 0.4) is 0 Å². The Bertz CT molecular complexity index is 278. The molecule has 0 heterocycles. The van der Waals surface area contributed by atoms with E-state index in [9.17, 15) is 9.59 Å². The molecule has 0 aromatic heterocycles. The molecule has 1 aliphatic carbocycles. The number of allylic oxidation sites excluding steroid dienone is 1. The monoisotopic (exact) mass is 196 g/mol. The highest BCUT2D eigenvalue weighted by molar-refractivity contribution is 5.93. The fourth-order valence-electron chi connectivity index (χ4n) is 1.35. The molecular weight excluding hydrogens is 180 g/mol. The van der Waals surface area contributed by atoms with Crippen molar-refractivity contribution in [3.63, 3.8) is 0 Å². The average molecular weight is 196 g/mol. The first-order valence-electron chi connectivity index (χ1n) is 4.87. The van der Waals surface area contributed by atoms with Crippen LogP contribution >= 0.6 is 0 Å². The van der Waals surface area contributed by atoms with Crippen molar-refractivity contribution in [1.29, 1.82) is 0 Å². The van der Waals surface area contributed by atoms with Crippen LogP contribution in [0.2, 0.25) is 0 Å². The smallest absolute Gasteiger partial charge is 0.315 e.